The van der Waals surface area contributed by atoms with E-state index >= 15 is 0 Å². The average molecular weight is 408 g/mol. The molecule has 1 aromatic heterocycles. The monoisotopic (exact) mass is 408 g/mol. The Bertz CT molecular complexity index is 1100. The van der Waals surface area contributed by atoms with Crippen molar-refractivity contribution in [1.82, 2.24) is 9.47 Å². The van der Waals surface area contributed by atoms with Gasteiger partial charge in [-0.15, -0.1) is 6.42 Å². The minimum atomic E-state index is -0.385. The van der Waals surface area contributed by atoms with Gasteiger partial charge in [0.2, 0.25) is 0 Å². The average Bonchev–Trinajstić information content (AvgIpc) is 3.11. The molecule has 1 aliphatic heterocycles. The van der Waals surface area contributed by atoms with Gasteiger partial charge in [-0.25, -0.2) is 4.79 Å². The van der Waals surface area contributed by atoms with E-state index < -0.39 is 0 Å². The maximum Gasteiger partial charge on any atom is 0.337 e. The van der Waals surface area contributed by atoms with E-state index in [9.17, 15) is 14.4 Å². The van der Waals surface area contributed by atoms with E-state index in [0.29, 0.717) is 10.5 Å². The minimum absolute atomic E-state index is 0.0350. The van der Waals surface area contributed by atoms with Crippen LogP contribution in [0.15, 0.2) is 29.2 Å². The van der Waals surface area contributed by atoms with E-state index in [1.54, 1.807) is 18.2 Å². The summed E-state index contributed by atoms with van der Waals surface area (Å²) in [5, 5.41) is -0.359. The number of imide groups is 1. The largest absolute Gasteiger partial charge is 0.465 e. The van der Waals surface area contributed by atoms with Gasteiger partial charge in [0.05, 0.1) is 24.1 Å². The lowest BCUT2D eigenvalue weighted by atomic mass is 10.1. The highest BCUT2D eigenvalue weighted by atomic mass is 32.2. The van der Waals surface area contributed by atoms with Crippen molar-refractivity contribution < 1.29 is 19.1 Å². The Morgan fingerprint density at radius 1 is 1.24 bits per heavy atom. The molecule has 148 valence electrons. The van der Waals surface area contributed by atoms with Gasteiger partial charge in [0.1, 0.15) is 0 Å². The van der Waals surface area contributed by atoms with Crippen LogP contribution in [0.1, 0.15) is 32.9 Å². The number of esters is 1. The van der Waals surface area contributed by atoms with Crippen LogP contribution in [-0.4, -0.2) is 40.2 Å². The SMILES string of the molecule is C#CCN1C(=O)S/C(=C/c2cc(C)n(-c3ccc(C(=O)OC)cc3C)c2C)C1=O. The van der Waals surface area contributed by atoms with Crippen LogP contribution in [-0.2, 0) is 9.53 Å². The number of hydrogen-bond donors (Lipinski definition) is 0. The highest BCUT2D eigenvalue weighted by Gasteiger charge is 2.34. The van der Waals surface area contributed by atoms with Crippen LogP contribution in [0.5, 0.6) is 0 Å². The fourth-order valence-electron chi connectivity index (χ4n) is 3.32. The minimum Gasteiger partial charge on any atom is -0.465 e. The zero-order valence-electron chi connectivity index (χ0n) is 16.6. The number of nitrogens with zero attached hydrogens (tertiary/aromatic N) is 2. The summed E-state index contributed by atoms with van der Waals surface area (Å²) in [6.45, 7) is 5.79. The maximum atomic E-state index is 12.4. The zero-order valence-corrected chi connectivity index (χ0v) is 17.4. The molecule has 2 heterocycles. The predicted octanol–water partition coefficient (Wildman–Crippen LogP) is 3.86. The smallest absolute Gasteiger partial charge is 0.337 e. The predicted molar refractivity (Wildman–Crippen MR) is 113 cm³/mol. The highest BCUT2D eigenvalue weighted by Crippen LogP contribution is 2.33. The molecular formula is C22H20N2O4S. The number of aryl methyl sites for hydroxylation is 2. The van der Waals surface area contributed by atoms with Crippen LogP contribution in [0, 0.1) is 33.1 Å². The van der Waals surface area contributed by atoms with Crippen LogP contribution in [0.2, 0.25) is 0 Å². The van der Waals surface area contributed by atoms with Crippen molar-refractivity contribution in [3.8, 4) is 18.0 Å². The summed E-state index contributed by atoms with van der Waals surface area (Å²) in [7, 11) is 1.35. The first-order valence-electron chi connectivity index (χ1n) is 8.85. The third kappa shape index (κ3) is 3.71. The number of methoxy groups -OCH3 is 1. The molecule has 2 aromatic rings. The van der Waals surface area contributed by atoms with E-state index in [2.05, 4.69) is 5.92 Å². The van der Waals surface area contributed by atoms with Gasteiger partial charge in [-0.05, 0) is 74.0 Å². The number of ether oxygens (including phenoxy) is 1. The van der Waals surface area contributed by atoms with Crippen molar-refractivity contribution in [2.24, 2.45) is 0 Å². The van der Waals surface area contributed by atoms with E-state index in [0.717, 1.165) is 44.9 Å². The van der Waals surface area contributed by atoms with Crippen LogP contribution < -0.4 is 0 Å². The Morgan fingerprint density at radius 3 is 2.59 bits per heavy atom. The van der Waals surface area contributed by atoms with Crippen molar-refractivity contribution in [1.29, 1.82) is 0 Å². The normalized spacial score (nSPS) is 15.1. The number of amides is 2. The van der Waals surface area contributed by atoms with Gasteiger partial charge in [-0.2, -0.15) is 0 Å². The summed E-state index contributed by atoms with van der Waals surface area (Å²) >= 11 is 0.889. The Morgan fingerprint density at radius 2 is 1.97 bits per heavy atom. The number of carbonyl (C=O) groups excluding carboxylic acids is 3. The number of rotatable bonds is 4. The van der Waals surface area contributed by atoms with E-state index in [1.807, 2.05) is 37.5 Å². The van der Waals surface area contributed by atoms with Crippen molar-refractivity contribution in [3.63, 3.8) is 0 Å². The summed E-state index contributed by atoms with van der Waals surface area (Å²) in [5.74, 6) is 1.57. The number of carbonyl (C=O) groups is 3. The molecule has 0 spiro atoms. The first kappa shape index (κ1) is 20.5. The number of terminal acetylenes is 1. The van der Waals surface area contributed by atoms with Crippen LogP contribution >= 0.6 is 11.8 Å². The van der Waals surface area contributed by atoms with Gasteiger partial charge in [0.25, 0.3) is 11.1 Å². The summed E-state index contributed by atoms with van der Waals surface area (Å²) < 4.78 is 6.83. The molecule has 7 heteroatoms. The van der Waals surface area contributed by atoms with E-state index in [4.69, 9.17) is 11.2 Å². The van der Waals surface area contributed by atoms with E-state index in [-0.39, 0.29) is 23.7 Å². The quantitative estimate of drug-likeness (QED) is 0.437. The molecule has 0 aliphatic carbocycles. The number of aromatic nitrogens is 1. The lowest BCUT2D eigenvalue weighted by Gasteiger charge is -2.14. The third-order valence-electron chi connectivity index (χ3n) is 4.74. The Kier molecular flexibility index (Phi) is 5.66. The Balaban J connectivity index is 2.01. The standard InChI is InChI=1S/C22H20N2O4S/c1-6-9-23-20(25)19(29-22(23)27)12-17-11-14(3)24(15(17)4)18-8-7-16(10-13(18)2)21(26)28-5/h1,7-8,10-12H,9H2,2-5H3/b19-12+. The third-order valence-corrected chi connectivity index (χ3v) is 5.65. The van der Waals surface area contributed by atoms with Crippen molar-refractivity contribution in [2.45, 2.75) is 20.8 Å². The molecule has 0 saturated carbocycles. The molecule has 29 heavy (non-hydrogen) atoms. The topological polar surface area (TPSA) is 68.6 Å². The second-order valence-corrected chi connectivity index (χ2v) is 7.62. The number of hydrogen-bond acceptors (Lipinski definition) is 5. The molecule has 1 aromatic carbocycles. The fourth-order valence-corrected chi connectivity index (χ4v) is 4.15. The fraction of sp³-hybridized carbons (Fsp3) is 0.227. The summed E-state index contributed by atoms with van der Waals surface area (Å²) in [4.78, 5) is 37.6. The number of thioether (sulfide) groups is 1. The molecule has 1 aliphatic rings. The lowest BCUT2D eigenvalue weighted by Crippen LogP contribution is -2.28. The van der Waals surface area contributed by atoms with Gasteiger partial charge in [-0.3, -0.25) is 14.5 Å². The highest BCUT2D eigenvalue weighted by molar-refractivity contribution is 8.18. The van der Waals surface area contributed by atoms with Crippen LogP contribution in [0.3, 0.4) is 0 Å². The van der Waals surface area contributed by atoms with Gasteiger partial charge in [0.15, 0.2) is 0 Å². The second kappa shape index (κ2) is 8.02. The van der Waals surface area contributed by atoms with Crippen LogP contribution in [0.25, 0.3) is 11.8 Å². The van der Waals surface area contributed by atoms with Gasteiger partial charge < -0.3 is 9.30 Å². The molecule has 0 N–H and O–H groups in total. The lowest BCUT2D eigenvalue weighted by molar-refractivity contribution is -0.122. The molecule has 0 radical (unpaired) electrons. The Hall–Kier alpha value is -3.24. The van der Waals surface area contributed by atoms with Gasteiger partial charge in [0, 0.05) is 17.1 Å². The van der Waals surface area contributed by atoms with Gasteiger partial charge >= 0.3 is 5.97 Å². The first-order chi connectivity index (χ1) is 13.8. The molecule has 0 atom stereocenters. The molecule has 1 fully saturated rings. The Labute approximate surface area is 173 Å². The van der Waals surface area contributed by atoms with Gasteiger partial charge in [-0.1, -0.05) is 5.92 Å². The maximum absolute atomic E-state index is 12.4. The van der Waals surface area contributed by atoms with Crippen molar-refractivity contribution in [3.05, 3.63) is 57.2 Å². The molecule has 0 bridgehead atoms. The molecule has 1 saturated heterocycles. The summed E-state index contributed by atoms with van der Waals surface area (Å²) in [6, 6.07) is 7.33. The second-order valence-electron chi connectivity index (χ2n) is 6.63. The first-order valence-corrected chi connectivity index (χ1v) is 9.67. The zero-order chi connectivity index (χ0) is 21.3. The van der Waals surface area contributed by atoms with E-state index in [1.165, 1.54) is 7.11 Å². The summed E-state index contributed by atoms with van der Waals surface area (Å²) in [6.07, 6.45) is 6.96. The summed E-state index contributed by atoms with van der Waals surface area (Å²) in [5.41, 5.74) is 5.04. The molecule has 6 nitrogen and oxygen atoms in total. The molecule has 0 unspecified atom stereocenters. The molecule has 2 amide bonds. The van der Waals surface area contributed by atoms with Crippen molar-refractivity contribution in [2.75, 3.05) is 13.7 Å². The molecule has 3 rings (SSSR count). The van der Waals surface area contributed by atoms with Crippen LogP contribution in [0.4, 0.5) is 4.79 Å². The molecular weight excluding hydrogens is 388 g/mol. The van der Waals surface area contributed by atoms with Crippen molar-refractivity contribution >= 4 is 35.0 Å². The number of benzene rings is 1.